The van der Waals surface area contributed by atoms with Crippen LogP contribution in [-0.4, -0.2) is 16.6 Å². The van der Waals surface area contributed by atoms with E-state index in [-0.39, 0.29) is 0 Å². The first-order chi connectivity index (χ1) is 4.84. The Morgan fingerprint density at radius 2 is 2.50 bits per heavy atom. The van der Waals surface area contributed by atoms with Gasteiger partial charge in [0, 0.05) is 11.9 Å². The van der Waals surface area contributed by atoms with Crippen molar-refractivity contribution in [3.63, 3.8) is 0 Å². The standard InChI is InChI=1S/C7H12N2O/c8-4-3-7(10)6-2-1-5-9-6/h1-2,5,7,9-10H,3-4,8H2. The third-order valence-corrected chi connectivity index (χ3v) is 1.42. The molecule has 0 radical (unpaired) electrons. The lowest BCUT2D eigenvalue weighted by Gasteiger charge is -2.05. The van der Waals surface area contributed by atoms with Gasteiger partial charge in [0.15, 0.2) is 0 Å². The van der Waals surface area contributed by atoms with Crippen LogP contribution in [0.4, 0.5) is 0 Å². The van der Waals surface area contributed by atoms with Crippen molar-refractivity contribution in [3.8, 4) is 0 Å². The molecule has 0 amide bonds. The number of aliphatic hydroxyl groups is 1. The summed E-state index contributed by atoms with van der Waals surface area (Å²) >= 11 is 0. The molecule has 1 aromatic heterocycles. The monoisotopic (exact) mass is 140 g/mol. The van der Waals surface area contributed by atoms with E-state index in [1.807, 2.05) is 12.1 Å². The Morgan fingerprint density at radius 1 is 1.70 bits per heavy atom. The zero-order valence-electron chi connectivity index (χ0n) is 5.75. The Morgan fingerprint density at radius 3 is 3.00 bits per heavy atom. The maximum Gasteiger partial charge on any atom is 0.0949 e. The third kappa shape index (κ3) is 1.59. The van der Waals surface area contributed by atoms with Crippen LogP contribution >= 0.6 is 0 Å². The van der Waals surface area contributed by atoms with Gasteiger partial charge in [-0.1, -0.05) is 0 Å². The Bertz CT molecular complexity index is 172. The van der Waals surface area contributed by atoms with Crippen molar-refractivity contribution in [2.24, 2.45) is 5.73 Å². The molecule has 4 N–H and O–H groups in total. The van der Waals surface area contributed by atoms with Gasteiger partial charge in [-0.05, 0) is 25.1 Å². The van der Waals surface area contributed by atoms with E-state index in [1.54, 1.807) is 6.20 Å². The zero-order valence-corrected chi connectivity index (χ0v) is 5.75. The van der Waals surface area contributed by atoms with E-state index in [0.29, 0.717) is 13.0 Å². The third-order valence-electron chi connectivity index (χ3n) is 1.42. The molecule has 1 heterocycles. The van der Waals surface area contributed by atoms with E-state index in [4.69, 9.17) is 5.73 Å². The van der Waals surface area contributed by atoms with E-state index in [0.717, 1.165) is 5.69 Å². The molecule has 1 rings (SSSR count). The molecule has 10 heavy (non-hydrogen) atoms. The summed E-state index contributed by atoms with van der Waals surface area (Å²) in [5.41, 5.74) is 6.10. The molecule has 1 aromatic rings. The number of aromatic amines is 1. The van der Waals surface area contributed by atoms with Crippen LogP contribution in [0.5, 0.6) is 0 Å². The summed E-state index contributed by atoms with van der Waals surface area (Å²) in [6, 6.07) is 3.70. The minimum atomic E-state index is -0.431. The molecular weight excluding hydrogens is 128 g/mol. The highest BCUT2D eigenvalue weighted by atomic mass is 16.3. The summed E-state index contributed by atoms with van der Waals surface area (Å²) in [7, 11) is 0. The Hall–Kier alpha value is -0.800. The molecule has 3 heteroatoms. The van der Waals surface area contributed by atoms with Crippen LogP contribution < -0.4 is 5.73 Å². The molecule has 3 nitrogen and oxygen atoms in total. The van der Waals surface area contributed by atoms with E-state index in [9.17, 15) is 5.11 Å². The molecule has 0 aliphatic rings. The molecule has 1 atom stereocenters. The van der Waals surface area contributed by atoms with Crippen molar-refractivity contribution < 1.29 is 5.11 Å². The van der Waals surface area contributed by atoms with Crippen molar-refractivity contribution in [1.29, 1.82) is 0 Å². The molecule has 0 fully saturated rings. The summed E-state index contributed by atoms with van der Waals surface area (Å²) in [5.74, 6) is 0. The first kappa shape index (κ1) is 7.31. The number of nitrogens with two attached hydrogens (primary N) is 1. The van der Waals surface area contributed by atoms with Crippen LogP contribution in [0.15, 0.2) is 18.3 Å². The van der Waals surface area contributed by atoms with E-state index >= 15 is 0 Å². The number of nitrogens with one attached hydrogen (secondary N) is 1. The average Bonchev–Trinajstić information content (AvgIpc) is 2.38. The molecule has 0 aliphatic carbocycles. The maximum atomic E-state index is 9.30. The van der Waals surface area contributed by atoms with Crippen molar-refractivity contribution in [2.75, 3.05) is 6.54 Å². The SMILES string of the molecule is NCCC(O)c1ccc[nH]1. The molecule has 56 valence electrons. The smallest absolute Gasteiger partial charge is 0.0949 e. The predicted octanol–water partition coefficient (Wildman–Crippen LogP) is 0.397. The summed E-state index contributed by atoms with van der Waals surface area (Å²) in [4.78, 5) is 2.92. The lowest BCUT2D eigenvalue weighted by atomic mass is 10.2. The Labute approximate surface area is 59.9 Å². The quantitative estimate of drug-likeness (QED) is 0.569. The number of H-pyrrole nitrogens is 1. The number of rotatable bonds is 3. The van der Waals surface area contributed by atoms with E-state index in [2.05, 4.69) is 4.98 Å². The van der Waals surface area contributed by atoms with Crippen molar-refractivity contribution in [2.45, 2.75) is 12.5 Å². The van der Waals surface area contributed by atoms with Gasteiger partial charge in [0.1, 0.15) is 0 Å². The second kappa shape index (κ2) is 3.39. The normalized spacial score (nSPS) is 13.4. The predicted molar refractivity (Wildman–Crippen MR) is 39.4 cm³/mol. The van der Waals surface area contributed by atoms with Gasteiger partial charge in [-0.2, -0.15) is 0 Å². The summed E-state index contributed by atoms with van der Waals surface area (Å²) in [6.45, 7) is 0.514. The molecule has 0 bridgehead atoms. The van der Waals surface area contributed by atoms with Gasteiger partial charge >= 0.3 is 0 Å². The maximum absolute atomic E-state index is 9.30. The fraction of sp³-hybridized carbons (Fsp3) is 0.429. The van der Waals surface area contributed by atoms with Crippen molar-refractivity contribution in [3.05, 3.63) is 24.0 Å². The molecule has 0 spiro atoms. The molecule has 0 aromatic carbocycles. The van der Waals surface area contributed by atoms with E-state index < -0.39 is 6.10 Å². The topological polar surface area (TPSA) is 62.0 Å². The van der Waals surface area contributed by atoms with Gasteiger partial charge in [0.25, 0.3) is 0 Å². The fourth-order valence-corrected chi connectivity index (χ4v) is 0.865. The van der Waals surface area contributed by atoms with Crippen LogP contribution in [-0.2, 0) is 0 Å². The second-order valence-corrected chi connectivity index (χ2v) is 2.22. The van der Waals surface area contributed by atoms with Crippen molar-refractivity contribution >= 4 is 0 Å². The highest BCUT2D eigenvalue weighted by Crippen LogP contribution is 2.11. The number of hydrogen-bond donors (Lipinski definition) is 3. The largest absolute Gasteiger partial charge is 0.387 e. The summed E-state index contributed by atoms with van der Waals surface area (Å²) < 4.78 is 0. The summed E-state index contributed by atoms with van der Waals surface area (Å²) in [5, 5.41) is 9.30. The minimum absolute atomic E-state index is 0.431. The minimum Gasteiger partial charge on any atom is -0.387 e. The van der Waals surface area contributed by atoms with Gasteiger partial charge in [-0.25, -0.2) is 0 Å². The van der Waals surface area contributed by atoms with Gasteiger partial charge in [-0.15, -0.1) is 0 Å². The van der Waals surface area contributed by atoms with Crippen LogP contribution in [0.3, 0.4) is 0 Å². The lowest BCUT2D eigenvalue weighted by molar-refractivity contribution is 0.166. The Kier molecular flexibility index (Phi) is 2.48. The van der Waals surface area contributed by atoms with Gasteiger partial charge in [-0.3, -0.25) is 0 Å². The number of aromatic nitrogens is 1. The second-order valence-electron chi connectivity index (χ2n) is 2.22. The number of hydrogen-bond acceptors (Lipinski definition) is 2. The first-order valence-electron chi connectivity index (χ1n) is 3.36. The average molecular weight is 140 g/mol. The molecular formula is C7H12N2O. The molecule has 0 saturated heterocycles. The first-order valence-corrected chi connectivity index (χ1v) is 3.36. The lowest BCUT2D eigenvalue weighted by Crippen LogP contribution is -2.06. The van der Waals surface area contributed by atoms with Crippen LogP contribution in [0.2, 0.25) is 0 Å². The van der Waals surface area contributed by atoms with Crippen LogP contribution in [0.25, 0.3) is 0 Å². The molecule has 0 aliphatic heterocycles. The highest BCUT2D eigenvalue weighted by Gasteiger charge is 2.04. The van der Waals surface area contributed by atoms with Crippen molar-refractivity contribution in [1.82, 2.24) is 4.98 Å². The van der Waals surface area contributed by atoms with Gasteiger partial charge in [0.2, 0.25) is 0 Å². The van der Waals surface area contributed by atoms with Gasteiger partial charge in [0.05, 0.1) is 6.10 Å². The highest BCUT2D eigenvalue weighted by molar-refractivity contribution is 5.06. The van der Waals surface area contributed by atoms with E-state index in [1.165, 1.54) is 0 Å². The molecule has 0 saturated carbocycles. The van der Waals surface area contributed by atoms with Crippen LogP contribution in [0.1, 0.15) is 18.2 Å². The fourth-order valence-electron chi connectivity index (χ4n) is 0.865. The van der Waals surface area contributed by atoms with Crippen LogP contribution in [0, 0.1) is 0 Å². The molecule has 1 unspecified atom stereocenters. The number of aliphatic hydroxyl groups excluding tert-OH is 1. The zero-order chi connectivity index (χ0) is 7.40. The Balaban J connectivity index is 2.50. The van der Waals surface area contributed by atoms with Gasteiger partial charge < -0.3 is 15.8 Å². The summed E-state index contributed by atoms with van der Waals surface area (Å²) in [6.07, 6.45) is 1.97.